The van der Waals surface area contributed by atoms with Crippen LogP contribution in [0, 0.1) is 19.6 Å². The van der Waals surface area contributed by atoms with Crippen LogP contribution < -0.4 is 10.6 Å². The number of carbonyl (C=O) groups is 2. The number of rotatable bonds is 28. The van der Waals surface area contributed by atoms with Crippen LogP contribution in [0.5, 0.6) is 23.0 Å². The van der Waals surface area contributed by atoms with Gasteiger partial charge in [-0.1, -0.05) is 75.3 Å². The molecular weight excluding hydrogens is 913 g/mol. The van der Waals surface area contributed by atoms with Gasteiger partial charge < -0.3 is 35.8 Å². The zero-order valence-corrected chi connectivity index (χ0v) is 40.3. The number of nitroso groups, excluding NO2 is 4. The fourth-order valence-electron chi connectivity index (χ4n) is 8.21. The van der Waals surface area contributed by atoms with Gasteiger partial charge in [0.05, 0.1) is 0 Å². The zero-order chi connectivity index (χ0) is 51.5. The summed E-state index contributed by atoms with van der Waals surface area (Å²) in [4.78, 5) is 76.9. The average Bonchev–Trinajstić information content (AvgIpc) is 3.37. The van der Waals surface area contributed by atoms with Crippen LogP contribution in [0.25, 0.3) is 0 Å². The number of phenolic OH excluding ortho intramolecular Hbond substituents is 4. The standard InChI is InChI=1S/C52H62N8O11/c1-33(55-67)43-23-38(11-16-47(43)61)27-59(28-39-12-17-48(62)44(24-39)34(2)56-68)31-42(15-20-51(65)53-21-8-22-54-52(66)71-32-37-9-6-5-7-10-37)60(29-40-13-18-49(63)45(25-40)35(3)57-69)30-41-14-19-50(64)46(26-41)36(4)58-70/h5-7,9-14,16-19,23-26,33-36,42,61-64H,8,15,20-22,27-32H2,1-4H3,(H,53,65)(H,54,66). The van der Waals surface area contributed by atoms with Crippen molar-refractivity contribution < 1.29 is 34.8 Å². The lowest BCUT2D eigenvalue weighted by Gasteiger charge is -2.36. The molecule has 0 aliphatic heterocycles. The Bertz CT molecular complexity index is 2470. The summed E-state index contributed by atoms with van der Waals surface area (Å²) >= 11 is 0. The number of benzene rings is 5. The minimum Gasteiger partial charge on any atom is -0.508 e. The highest BCUT2D eigenvalue weighted by Crippen LogP contribution is 2.33. The molecule has 376 valence electrons. The molecule has 0 bridgehead atoms. The molecule has 5 rings (SSSR count). The third kappa shape index (κ3) is 16.2. The third-order valence-electron chi connectivity index (χ3n) is 12.2. The van der Waals surface area contributed by atoms with E-state index in [2.05, 4.69) is 41.1 Å². The van der Waals surface area contributed by atoms with Crippen LogP contribution in [0.15, 0.2) is 124 Å². The van der Waals surface area contributed by atoms with E-state index in [0.29, 0.717) is 50.9 Å². The molecule has 0 aliphatic rings. The van der Waals surface area contributed by atoms with E-state index in [-0.39, 0.29) is 94.2 Å². The summed E-state index contributed by atoms with van der Waals surface area (Å²) in [5, 5.41) is 61.0. The smallest absolute Gasteiger partial charge is 0.407 e. The van der Waals surface area contributed by atoms with Crippen molar-refractivity contribution in [3.8, 4) is 23.0 Å². The first-order valence-electron chi connectivity index (χ1n) is 23.4. The fourth-order valence-corrected chi connectivity index (χ4v) is 8.21. The quantitative estimate of drug-likeness (QED) is 0.0201. The Morgan fingerprint density at radius 3 is 1.34 bits per heavy atom. The van der Waals surface area contributed by atoms with E-state index in [9.17, 15) is 49.6 Å². The first-order chi connectivity index (χ1) is 34.1. The predicted molar refractivity (Wildman–Crippen MR) is 268 cm³/mol. The van der Waals surface area contributed by atoms with Crippen molar-refractivity contribution in [3.05, 3.63) is 173 Å². The van der Waals surface area contributed by atoms with Gasteiger partial charge in [-0.05, 0) is 117 Å². The molecular formula is C52H62N8O11. The number of nitrogens with one attached hydrogen (secondary N) is 2. The van der Waals surface area contributed by atoms with Gasteiger partial charge in [-0.3, -0.25) is 14.6 Å². The lowest BCUT2D eigenvalue weighted by Crippen LogP contribution is -2.44. The SMILES string of the molecule is CC(N=O)c1cc(CN(Cc2ccc(O)c(C(C)N=O)c2)CC(CCC(=O)NCCCNC(=O)OCc2ccccc2)N(Cc2ccc(O)c(C(C)N=O)c2)Cc2ccc(O)c(C(C)N=O)c2)ccc1O. The van der Waals surface area contributed by atoms with Crippen LogP contribution in [0.4, 0.5) is 4.79 Å². The number of alkyl carbamates (subject to hydrolysis) is 1. The number of hydrogen-bond donors (Lipinski definition) is 6. The van der Waals surface area contributed by atoms with Crippen molar-refractivity contribution >= 4 is 12.0 Å². The van der Waals surface area contributed by atoms with Crippen molar-refractivity contribution in [2.45, 2.75) is 110 Å². The molecule has 0 radical (unpaired) electrons. The van der Waals surface area contributed by atoms with E-state index >= 15 is 0 Å². The van der Waals surface area contributed by atoms with E-state index < -0.39 is 36.3 Å². The summed E-state index contributed by atoms with van der Waals surface area (Å²) in [6.07, 6.45) is 0.142. The van der Waals surface area contributed by atoms with Gasteiger partial charge in [-0.2, -0.15) is 19.6 Å². The minimum absolute atomic E-state index is 0.0408. The Balaban J connectivity index is 1.51. The lowest BCUT2D eigenvalue weighted by molar-refractivity contribution is -0.121. The number of hydrogen-bond acceptors (Lipinski definition) is 17. The van der Waals surface area contributed by atoms with E-state index in [4.69, 9.17) is 4.74 Å². The van der Waals surface area contributed by atoms with Crippen molar-refractivity contribution in [1.29, 1.82) is 0 Å². The maximum absolute atomic E-state index is 13.7. The molecule has 19 nitrogen and oxygen atoms in total. The molecule has 19 heteroatoms. The van der Waals surface area contributed by atoms with Gasteiger partial charge in [-0.25, -0.2) is 4.79 Å². The molecule has 0 heterocycles. The molecule has 0 aliphatic carbocycles. The molecule has 5 unspecified atom stereocenters. The molecule has 0 saturated heterocycles. The zero-order valence-electron chi connectivity index (χ0n) is 40.3. The van der Waals surface area contributed by atoms with E-state index in [1.807, 2.05) is 30.3 Å². The molecule has 5 aromatic carbocycles. The maximum Gasteiger partial charge on any atom is 0.407 e. The fraction of sp³-hybridized carbons (Fsp3) is 0.385. The van der Waals surface area contributed by atoms with Crippen molar-refractivity contribution in [2.75, 3.05) is 19.6 Å². The summed E-state index contributed by atoms with van der Waals surface area (Å²) in [6.45, 7) is 8.06. The maximum atomic E-state index is 13.7. The third-order valence-corrected chi connectivity index (χ3v) is 12.2. The molecule has 5 aromatic rings. The van der Waals surface area contributed by atoms with Crippen molar-refractivity contribution in [1.82, 2.24) is 20.4 Å². The Morgan fingerprint density at radius 2 is 0.930 bits per heavy atom. The molecule has 6 N–H and O–H groups in total. The molecule has 0 fully saturated rings. The monoisotopic (exact) mass is 974 g/mol. The van der Waals surface area contributed by atoms with Gasteiger partial charge in [0.15, 0.2) is 0 Å². The second-order valence-corrected chi connectivity index (χ2v) is 17.7. The molecule has 71 heavy (non-hydrogen) atoms. The Hall–Kier alpha value is -7.64. The van der Waals surface area contributed by atoms with Gasteiger partial charge in [0, 0.05) is 80.5 Å². The minimum atomic E-state index is -0.870. The summed E-state index contributed by atoms with van der Waals surface area (Å²) < 4.78 is 5.28. The molecule has 0 aromatic heterocycles. The lowest BCUT2D eigenvalue weighted by atomic mass is 9.99. The number of nitrogens with zero attached hydrogens (tertiary/aromatic N) is 6. The van der Waals surface area contributed by atoms with Crippen LogP contribution in [-0.2, 0) is 42.3 Å². The molecule has 2 amide bonds. The summed E-state index contributed by atoms with van der Waals surface area (Å²) in [6, 6.07) is 25.0. The number of ether oxygens (including phenoxy) is 1. The number of carbonyl (C=O) groups excluding carboxylic acids is 2. The predicted octanol–water partition coefficient (Wildman–Crippen LogP) is 10.1. The van der Waals surface area contributed by atoms with Crippen LogP contribution in [0.3, 0.4) is 0 Å². The van der Waals surface area contributed by atoms with Crippen LogP contribution in [-0.4, -0.2) is 67.9 Å². The molecule has 5 atom stereocenters. The summed E-state index contributed by atoms with van der Waals surface area (Å²) in [5.41, 5.74) is 4.96. The highest BCUT2D eigenvalue weighted by Gasteiger charge is 2.27. The van der Waals surface area contributed by atoms with Gasteiger partial charge in [0.1, 0.15) is 53.8 Å². The number of aromatic hydroxyl groups is 4. The average molecular weight is 975 g/mol. The van der Waals surface area contributed by atoms with E-state index in [0.717, 1.165) is 5.56 Å². The van der Waals surface area contributed by atoms with Gasteiger partial charge in [0.25, 0.3) is 0 Å². The summed E-state index contributed by atoms with van der Waals surface area (Å²) in [7, 11) is 0. The number of amides is 2. The Labute approximate surface area is 412 Å². The second kappa shape index (κ2) is 26.9. The van der Waals surface area contributed by atoms with Gasteiger partial charge >= 0.3 is 6.09 Å². The molecule has 0 saturated carbocycles. The van der Waals surface area contributed by atoms with Crippen LogP contribution >= 0.6 is 0 Å². The van der Waals surface area contributed by atoms with Gasteiger partial charge in [-0.15, -0.1) is 0 Å². The van der Waals surface area contributed by atoms with Crippen LogP contribution in [0.1, 0.15) is 121 Å². The van der Waals surface area contributed by atoms with E-state index in [1.165, 1.54) is 24.3 Å². The second-order valence-electron chi connectivity index (χ2n) is 17.7. The largest absolute Gasteiger partial charge is 0.508 e. The molecule has 0 spiro atoms. The highest BCUT2D eigenvalue weighted by molar-refractivity contribution is 5.75. The Morgan fingerprint density at radius 1 is 0.535 bits per heavy atom. The van der Waals surface area contributed by atoms with E-state index in [1.54, 1.807) is 76.2 Å². The highest BCUT2D eigenvalue weighted by atomic mass is 16.5. The van der Waals surface area contributed by atoms with Crippen molar-refractivity contribution in [2.24, 2.45) is 20.7 Å². The first-order valence-corrected chi connectivity index (χ1v) is 23.4. The topological polar surface area (TPSA) is 273 Å². The number of phenols is 4. The van der Waals surface area contributed by atoms with Gasteiger partial charge in [0.2, 0.25) is 5.91 Å². The van der Waals surface area contributed by atoms with Crippen LogP contribution in [0.2, 0.25) is 0 Å². The Kier molecular flexibility index (Phi) is 20.6. The first kappa shape index (κ1) is 54.3. The summed E-state index contributed by atoms with van der Waals surface area (Å²) in [5.74, 6) is -0.673. The van der Waals surface area contributed by atoms with Crippen molar-refractivity contribution in [3.63, 3.8) is 0 Å². The normalized spacial score (nSPS) is 13.4.